The number of likely N-dealkylation sites (tertiary alicyclic amines) is 1. The van der Waals surface area contributed by atoms with Crippen molar-refractivity contribution in [3.05, 3.63) is 53.1 Å². The second kappa shape index (κ2) is 5.78. The van der Waals surface area contributed by atoms with Gasteiger partial charge in [0, 0.05) is 18.7 Å². The van der Waals surface area contributed by atoms with Crippen molar-refractivity contribution in [2.24, 2.45) is 0 Å². The Morgan fingerprint density at radius 2 is 1.76 bits per heavy atom. The highest BCUT2D eigenvalue weighted by molar-refractivity contribution is 6.32. The fourth-order valence-electron chi connectivity index (χ4n) is 2.63. The first kappa shape index (κ1) is 14.0. The van der Waals surface area contributed by atoms with Crippen LogP contribution in [0.1, 0.15) is 23.2 Å². The molecule has 108 valence electrons. The Bertz CT molecular complexity index is 678. The molecule has 0 aliphatic carbocycles. The van der Waals surface area contributed by atoms with Gasteiger partial charge in [-0.15, -0.1) is 0 Å². The molecule has 0 saturated carbocycles. The van der Waals surface area contributed by atoms with Gasteiger partial charge in [0.2, 0.25) is 0 Å². The number of benzene rings is 2. The predicted molar refractivity (Wildman–Crippen MR) is 83.7 cm³/mol. The van der Waals surface area contributed by atoms with E-state index < -0.39 is 0 Å². The van der Waals surface area contributed by atoms with Crippen LogP contribution in [-0.4, -0.2) is 29.0 Å². The molecule has 3 rings (SSSR count). The molecule has 0 radical (unpaired) electrons. The lowest BCUT2D eigenvalue weighted by molar-refractivity contribution is 0.0793. The number of hydrogen-bond donors (Lipinski definition) is 1. The minimum absolute atomic E-state index is 0.0467. The molecule has 4 heteroatoms. The average molecular weight is 302 g/mol. The molecule has 1 heterocycles. The van der Waals surface area contributed by atoms with Crippen LogP contribution in [0, 0.1) is 0 Å². The van der Waals surface area contributed by atoms with E-state index in [1.54, 1.807) is 12.1 Å². The highest BCUT2D eigenvalue weighted by atomic mass is 35.5. The van der Waals surface area contributed by atoms with Crippen molar-refractivity contribution < 1.29 is 9.90 Å². The minimum atomic E-state index is 0.0467. The zero-order chi connectivity index (χ0) is 14.8. The first-order chi connectivity index (χ1) is 10.1. The molecule has 0 unspecified atom stereocenters. The summed E-state index contributed by atoms with van der Waals surface area (Å²) < 4.78 is 0. The van der Waals surface area contributed by atoms with Crippen LogP contribution in [0.4, 0.5) is 0 Å². The van der Waals surface area contributed by atoms with Crippen LogP contribution in [0.25, 0.3) is 11.1 Å². The summed E-state index contributed by atoms with van der Waals surface area (Å²) in [7, 11) is 0. The molecule has 3 nitrogen and oxygen atoms in total. The normalized spacial score (nSPS) is 14.4. The molecule has 1 fully saturated rings. The Balaban J connectivity index is 1.92. The van der Waals surface area contributed by atoms with Crippen LogP contribution in [-0.2, 0) is 0 Å². The molecule has 2 aromatic carbocycles. The van der Waals surface area contributed by atoms with Gasteiger partial charge in [-0.2, -0.15) is 0 Å². The first-order valence-electron chi connectivity index (χ1n) is 7.03. The van der Waals surface area contributed by atoms with Gasteiger partial charge in [-0.05, 0) is 48.2 Å². The Hall–Kier alpha value is -2.00. The van der Waals surface area contributed by atoms with E-state index in [9.17, 15) is 9.90 Å². The Labute approximate surface area is 128 Å². The summed E-state index contributed by atoms with van der Waals surface area (Å²) in [6, 6.07) is 12.6. The van der Waals surface area contributed by atoms with E-state index in [1.165, 1.54) is 0 Å². The first-order valence-corrected chi connectivity index (χ1v) is 7.41. The summed E-state index contributed by atoms with van der Waals surface area (Å²) in [5, 5.41) is 10.0. The number of phenols is 1. The largest absolute Gasteiger partial charge is 0.506 e. The molecule has 0 atom stereocenters. The third-order valence-electron chi connectivity index (χ3n) is 3.78. The van der Waals surface area contributed by atoms with Crippen LogP contribution in [0.15, 0.2) is 42.5 Å². The van der Waals surface area contributed by atoms with Crippen molar-refractivity contribution >= 4 is 17.5 Å². The third-order valence-corrected chi connectivity index (χ3v) is 4.10. The Morgan fingerprint density at radius 3 is 2.48 bits per heavy atom. The Morgan fingerprint density at radius 1 is 1.05 bits per heavy atom. The highest BCUT2D eigenvalue weighted by Crippen LogP contribution is 2.30. The highest BCUT2D eigenvalue weighted by Gasteiger charge is 2.19. The van der Waals surface area contributed by atoms with E-state index in [-0.39, 0.29) is 11.7 Å². The smallest absolute Gasteiger partial charge is 0.253 e. The van der Waals surface area contributed by atoms with Gasteiger partial charge in [-0.1, -0.05) is 29.8 Å². The number of nitrogens with zero attached hydrogens (tertiary/aromatic N) is 1. The Kier molecular flexibility index (Phi) is 3.84. The van der Waals surface area contributed by atoms with Gasteiger partial charge in [0.05, 0.1) is 5.02 Å². The standard InChI is InChI=1S/C17H16ClNO2/c18-15-7-6-13(11-16(15)20)12-4-3-5-14(10-12)17(21)19-8-1-2-9-19/h3-7,10-11,20H,1-2,8-9H2. The summed E-state index contributed by atoms with van der Waals surface area (Å²) >= 11 is 5.83. The molecule has 0 bridgehead atoms. The molecule has 0 aromatic heterocycles. The summed E-state index contributed by atoms with van der Waals surface area (Å²) in [6.07, 6.45) is 2.16. The average Bonchev–Trinajstić information content (AvgIpc) is 3.04. The molecule has 1 N–H and O–H groups in total. The number of amides is 1. The van der Waals surface area contributed by atoms with Crippen LogP contribution in [0.2, 0.25) is 5.02 Å². The number of aromatic hydroxyl groups is 1. The molecule has 21 heavy (non-hydrogen) atoms. The van der Waals surface area contributed by atoms with E-state index in [0.717, 1.165) is 37.1 Å². The van der Waals surface area contributed by atoms with Crippen molar-refractivity contribution in [3.63, 3.8) is 0 Å². The SMILES string of the molecule is O=C(c1cccc(-c2ccc(Cl)c(O)c2)c1)N1CCCC1. The number of carbonyl (C=O) groups is 1. The molecular formula is C17H16ClNO2. The zero-order valence-electron chi connectivity index (χ0n) is 11.6. The van der Waals surface area contributed by atoms with E-state index in [0.29, 0.717) is 10.6 Å². The van der Waals surface area contributed by atoms with Crippen LogP contribution >= 0.6 is 11.6 Å². The fraction of sp³-hybridized carbons (Fsp3) is 0.235. The number of rotatable bonds is 2. The van der Waals surface area contributed by atoms with Gasteiger partial charge < -0.3 is 10.0 Å². The fourth-order valence-corrected chi connectivity index (χ4v) is 2.74. The van der Waals surface area contributed by atoms with Gasteiger partial charge in [0.1, 0.15) is 5.75 Å². The molecule has 2 aromatic rings. The lowest BCUT2D eigenvalue weighted by atomic mass is 10.0. The van der Waals surface area contributed by atoms with Gasteiger partial charge >= 0.3 is 0 Å². The van der Waals surface area contributed by atoms with E-state index in [1.807, 2.05) is 35.2 Å². The lowest BCUT2D eigenvalue weighted by Crippen LogP contribution is -2.27. The molecule has 1 aliphatic rings. The van der Waals surface area contributed by atoms with Gasteiger partial charge in [0.15, 0.2) is 0 Å². The second-order valence-electron chi connectivity index (χ2n) is 5.25. The van der Waals surface area contributed by atoms with Crippen molar-refractivity contribution in [1.82, 2.24) is 4.90 Å². The maximum Gasteiger partial charge on any atom is 0.253 e. The summed E-state index contributed by atoms with van der Waals surface area (Å²) in [5.74, 6) is 0.123. The number of carbonyl (C=O) groups excluding carboxylic acids is 1. The van der Waals surface area contributed by atoms with Gasteiger partial charge in [0.25, 0.3) is 5.91 Å². The number of hydrogen-bond acceptors (Lipinski definition) is 2. The summed E-state index contributed by atoms with van der Waals surface area (Å²) in [5.41, 5.74) is 2.42. The molecule has 1 saturated heterocycles. The number of phenolic OH excluding ortho intramolecular Hbond substituents is 1. The monoisotopic (exact) mass is 301 g/mol. The lowest BCUT2D eigenvalue weighted by Gasteiger charge is -2.15. The quantitative estimate of drug-likeness (QED) is 0.912. The van der Waals surface area contributed by atoms with Crippen LogP contribution in [0.3, 0.4) is 0 Å². The van der Waals surface area contributed by atoms with Crippen molar-refractivity contribution in [2.45, 2.75) is 12.8 Å². The maximum absolute atomic E-state index is 12.4. The van der Waals surface area contributed by atoms with E-state index >= 15 is 0 Å². The van der Waals surface area contributed by atoms with Crippen molar-refractivity contribution in [1.29, 1.82) is 0 Å². The third kappa shape index (κ3) is 2.88. The van der Waals surface area contributed by atoms with E-state index in [2.05, 4.69) is 0 Å². The van der Waals surface area contributed by atoms with Crippen molar-refractivity contribution in [3.8, 4) is 16.9 Å². The summed E-state index contributed by atoms with van der Waals surface area (Å²) in [6.45, 7) is 1.68. The molecule has 0 spiro atoms. The van der Waals surface area contributed by atoms with Crippen molar-refractivity contribution in [2.75, 3.05) is 13.1 Å². The second-order valence-corrected chi connectivity index (χ2v) is 5.65. The molecule has 1 aliphatic heterocycles. The summed E-state index contributed by atoms with van der Waals surface area (Å²) in [4.78, 5) is 14.3. The van der Waals surface area contributed by atoms with E-state index in [4.69, 9.17) is 11.6 Å². The van der Waals surface area contributed by atoms with Crippen LogP contribution < -0.4 is 0 Å². The van der Waals surface area contributed by atoms with Gasteiger partial charge in [-0.3, -0.25) is 4.79 Å². The molecular weight excluding hydrogens is 286 g/mol. The van der Waals surface area contributed by atoms with Gasteiger partial charge in [-0.25, -0.2) is 0 Å². The topological polar surface area (TPSA) is 40.5 Å². The maximum atomic E-state index is 12.4. The number of halogens is 1. The minimum Gasteiger partial charge on any atom is -0.506 e. The van der Waals surface area contributed by atoms with Crippen LogP contribution in [0.5, 0.6) is 5.75 Å². The zero-order valence-corrected chi connectivity index (χ0v) is 12.3. The molecule has 1 amide bonds. The predicted octanol–water partition coefficient (Wildman–Crippen LogP) is 3.95.